The Bertz CT molecular complexity index is 920. The highest BCUT2D eigenvalue weighted by molar-refractivity contribution is 5.90. The molecule has 1 atom stereocenters. The molecule has 30 heavy (non-hydrogen) atoms. The van der Waals surface area contributed by atoms with Gasteiger partial charge in [-0.15, -0.1) is 0 Å². The van der Waals surface area contributed by atoms with E-state index >= 15 is 0 Å². The predicted octanol–water partition coefficient (Wildman–Crippen LogP) is 2.19. The molecule has 2 aromatic carbocycles. The molecule has 7 heteroatoms. The number of nitrogens with zero attached hydrogens (tertiary/aromatic N) is 1. The second-order valence-corrected chi connectivity index (χ2v) is 7.71. The van der Waals surface area contributed by atoms with Crippen molar-refractivity contribution in [2.75, 3.05) is 13.2 Å². The molecule has 7 nitrogen and oxygen atoms in total. The van der Waals surface area contributed by atoms with Crippen molar-refractivity contribution in [2.24, 2.45) is 5.92 Å². The number of hydrazine groups is 1. The fourth-order valence-corrected chi connectivity index (χ4v) is 3.45. The molecule has 2 aromatic rings. The number of carbonyl (C=O) groups excluding carboxylic acids is 3. The summed E-state index contributed by atoms with van der Waals surface area (Å²) in [4.78, 5) is 38.3. The molecule has 1 saturated heterocycles. The largest absolute Gasteiger partial charge is 0.483 e. The van der Waals surface area contributed by atoms with Crippen LogP contribution >= 0.6 is 0 Å². The van der Waals surface area contributed by atoms with Crippen LogP contribution < -0.4 is 15.6 Å². The Balaban J connectivity index is 1.45. The Morgan fingerprint density at radius 2 is 1.70 bits per heavy atom. The zero-order valence-corrected chi connectivity index (χ0v) is 17.5. The number of hydrogen-bond acceptors (Lipinski definition) is 4. The summed E-state index contributed by atoms with van der Waals surface area (Å²) in [7, 11) is 0. The van der Waals surface area contributed by atoms with Gasteiger partial charge in [0.25, 0.3) is 5.91 Å². The summed E-state index contributed by atoms with van der Waals surface area (Å²) in [6.45, 7) is 6.40. The summed E-state index contributed by atoms with van der Waals surface area (Å²) in [6.07, 6.45) is 0.131. The standard InChI is InChI=1S/C23H27N3O4/c1-15-7-9-18(10-8-15)12-26-13-19(11-21(26)28)23(29)25-24-20(27)14-30-22-16(2)5-4-6-17(22)3/h4-10,19H,11-14H2,1-3H3,(H,24,27)(H,25,29). The van der Waals surface area contributed by atoms with Crippen LogP contribution in [-0.2, 0) is 20.9 Å². The quantitative estimate of drug-likeness (QED) is 0.716. The lowest BCUT2D eigenvalue weighted by Crippen LogP contribution is -2.46. The maximum Gasteiger partial charge on any atom is 0.276 e. The molecule has 0 saturated carbocycles. The van der Waals surface area contributed by atoms with E-state index in [-0.39, 0.29) is 24.8 Å². The van der Waals surface area contributed by atoms with Crippen molar-refractivity contribution in [1.29, 1.82) is 0 Å². The molecule has 0 aliphatic carbocycles. The van der Waals surface area contributed by atoms with Crippen molar-refractivity contribution in [3.05, 3.63) is 64.7 Å². The molecule has 2 N–H and O–H groups in total. The van der Waals surface area contributed by atoms with Gasteiger partial charge in [-0.05, 0) is 37.5 Å². The molecule has 158 valence electrons. The Kier molecular flexibility index (Phi) is 6.72. The number of amides is 3. The lowest BCUT2D eigenvalue weighted by molar-refractivity contribution is -0.132. The van der Waals surface area contributed by atoms with Crippen LogP contribution in [0.4, 0.5) is 0 Å². The first kappa shape index (κ1) is 21.4. The van der Waals surface area contributed by atoms with Gasteiger partial charge < -0.3 is 9.64 Å². The minimum atomic E-state index is -0.497. The maximum absolute atomic E-state index is 12.4. The van der Waals surface area contributed by atoms with E-state index in [1.165, 1.54) is 0 Å². The minimum absolute atomic E-state index is 0.0691. The Morgan fingerprint density at radius 3 is 2.37 bits per heavy atom. The number of aryl methyl sites for hydroxylation is 3. The Hall–Kier alpha value is -3.35. The number of likely N-dealkylation sites (tertiary alicyclic amines) is 1. The van der Waals surface area contributed by atoms with Crippen molar-refractivity contribution < 1.29 is 19.1 Å². The van der Waals surface area contributed by atoms with E-state index in [9.17, 15) is 14.4 Å². The van der Waals surface area contributed by atoms with Crippen LogP contribution in [0.15, 0.2) is 42.5 Å². The first-order chi connectivity index (χ1) is 14.3. The number of benzene rings is 2. The molecule has 1 unspecified atom stereocenters. The molecule has 0 radical (unpaired) electrons. The monoisotopic (exact) mass is 409 g/mol. The summed E-state index contributed by atoms with van der Waals surface area (Å²) in [5.41, 5.74) is 8.81. The van der Waals surface area contributed by atoms with Crippen molar-refractivity contribution in [3.8, 4) is 5.75 Å². The van der Waals surface area contributed by atoms with E-state index in [0.29, 0.717) is 18.8 Å². The molecule has 3 amide bonds. The predicted molar refractivity (Wildman–Crippen MR) is 112 cm³/mol. The maximum atomic E-state index is 12.4. The van der Waals surface area contributed by atoms with E-state index in [0.717, 1.165) is 22.3 Å². The third-order valence-corrected chi connectivity index (χ3v) is 5.16. The van der Waals surface area contributed by atoms with Crippen LogP contribution in [0.5, 0.6) is 5.75 Å². The smallest absolute Gasteiger partial charge is 0.276 e. The molecule has 0 bridgehead atoms. The molecule has 3 rings (SSSR count). The van der Waals surface area contributed by atoms with Gasteiger partial charge in [0.05, 0.1) is 5.92 Å². The average molecular weight is 409 g/mol. The number of nitrogens with one attached hydrogen (secondary N) is 2. The highest BCUT2D eigenvalue weighted by Gasteiger charge is 2.34. The zero-order chi connectivity index (χ0) is 21.7. The highest BCUT2D eigenvalue weighted by Crippen LogP contribution is 2.22. The van der Waals surface area contributed by atoms with Crippen LogP contribution in [0.25, 0.3) is 0 Å². The van der Waals surface area contributed by atoms with Crippen LogP contribution in [0.3, 0.4) is 0 Å². The normalized spacial score (nSPS) is 15.8. The van der Waals surface area contributed by atoms with Crippen LogP contribution in [0.1, 0.15) is 28.7 Å². The van der Waals surface area contributed by atoms with Crippen LogP contribution in [-0.4, -0.2) is 35.8 Å². The second-order valence-electron chi connectivity index (χ2n) is 7.71. The van der Waals surface area contributed by atoms with Crippen LogP contribution in [0.2, 0.25) is 0 Å². The number of carbonyl (C=O) groups is 3. The summed E-state index contributed by atoms with van der Waals surface area (Å²) >= 11 is 0. The number of para-hydroxylation sites is 1. The summed E-state index contributed by atoms with van der Waals surface area (Å²) in [5, 5.41) is 0. The molecular formula is C23H27N3O4. The molecule has 1 heterocycles. The van der Waals surface area contributed by atoms with Gasteiger partial charge in [-0.1, -0.05) is 48.0 Å². The van der Waals surface area contributed by atoms with Crippen molar-refractivity contribution in [2.45, 2.75) is 33.7 Å². The highest BCUT2D eigenvalue weighted by atomic mass is 16.5. The molecule has 1 aliphatic heterocycles. The third-order valence-electron chi connectivity index (χ3n) is 5.16. The number of rotatable bonds is 6. The zero-order valence-electron chi connectivity index (χ0n) is 17.5. The first-order valence-electron chi connectivity index (χ1n) is 9.94. The van der Waals surface area contributed by atoms with Gasteiger partial charge in [0.15, 0.2) is 6.61 Å². The number of hydrogen-bond donors (Lipinski definition) is 2. The van der Waals surface area contributed by atoms with Gasteiger partial charge in [0.2, 0.25) is 11.8 Å². The van der Waals surface area contributed by atoms with Gasteiger partial charge in [0.1, 0.15) is 5.75 Å². The van der Waals surface area contributed by atoms with Gasteiger partial charge >= 0.3 is 0 Å². The van der Waals surface area contributed by atoms with Gasteiger partial charge in [-0.25, -0.2) is 0 Å². The van der Waals surface area contributed by atoms with Gasteiger partial charge in [-0.3, -0.25) is 25.2 Å². The Labute approximate surface area is 176 Å². The van der Waals surface area contributed by atoms with Gasteiger partial charge in [0, 0.05) is 19.5 Å². The van der Waals surface area contributed by atoms with Crippen molar-refractivity contribution >= 4 is 17.7 Å². The summed E-state index contributed by atoms with van der Waals surface area (Å²) < 4.78 is 5.57. The van der Waals surface area contributed by atoms with E-state index in [1.807, 2.05) is 63.2 Å². The average Bonchev–Trinajstić information content (AvgIpc) is 3.08. The van der Waals surface area contributed by atoms with Crippen molar-refractivity contribution in [3.63, 3.8) is 0 Å². The van der Waals surface area contributed by atoms with E-state index in [2.05, 4.69) is 10.9 Å². The summed E-state index contributed by atoms with van der Waals surface area (Å²) in [5.74, 6) is -0.752. The molecule has 0 spiro atoms. The van der Waals surface area contributed by atoms with E-state index in [1.54, 1.807) is 4.90 Å². The third kappa shape index (κ3) is 5.37. The molecular weight excluding hydrogens is 382 g/mol. The SMILES string of the molecule is Cc1ccc(CN2CC(C(=O)NNC(=O)COc3c(C)cccc3C)CC2=O)cc1. The molecule has 0 aromatic heterocycles. The van der Waals surface area contributed by atoms with Crippen LogP contribution in [0, 0.1) is 26.7 Å². The van der Waals surface area contributed by atoms with Gasteiger partial charge in [-0.2, -0.15) is 0 Å². The fraction of sp³-hybridized carbons (Fsp3) is 0.348. The second kappa shape index (κ2) is 9.43. The number of ether oxygens (including phenoxy) is 1. The topological polar surface area (TPSA) is 87.7 Å². The first-order valence-corrected chi connectivity index (χ1v) is 9.94. The Morgan fingerprint density at radius 1 is 1.03 bits per heavy atom. The van der Waals surface area contributed by atoms with E-state index in [4.69, 9.17) is 4.74 Å². The lowest BCUT2D eigenvalue weighted by atomic mass is 10.1. The summed E-state index contributed by atoms with van der Waals surface area (Å²) in [6, 6.07) is 13.7. The van der Waals surface area contributed by atoms with Crippen molar-refractivity contribution in [1.82, 2.24) is 15.8 Å². The molecule has 1 aliphatic rings. The molecule has 1 fully saturated rings. The lowest BCUT2D eigenvalue weighted by Gasteiger charge is -2.17. The van der Waals surface area contributed by atoms with E-state index < -0.39 is 11.8 Å². The fourth-order valence-electron chi connectivity index (χ4n) is 3.45. The minimum Gasteiger partial charge on any atom is -0.483 e.